The summed E-state index contributed by atoms with van der Waals surface area (Å²) in [7, 11) is 1.65. The molecule has 94 valence electrons. The van der Waals surface area contributed by atoms with Gasteiger partial charge in [0.25, 0.3) is 0 Å². The first-order chi connectivity index (χ1) is 8.52. The van der Waals surface area contributed by atoms with Gasteiger partial charge in [0.15, 0.2) is 0 Å². The number of ether oxygens (including phenoxy) is 1. The van der Waals surface area contributed by atoms with E-state index in [-0.39, 0.29) is 5.82 Å². The van der Waals surface area contributed by atoms with Crippen molar-refractivity contribution in [2.75, 3.05) is 12.8 Å². The highest BCUT2D eigenvalue weighted by molar-refractivity contribution is 5.79. The van der Waals surface area contributed by atoms with E-state index in [1.807, 2.05) is 26.0 Å². The predicted molar refractivity (Wildman–Crippen MR) is 72.3 cm³/mol. The minimum absolute atomic E-state index is 0.320. The summed E-state index contributed by atoms with van der Waals surface area (Å²) < 4.78 is 18.3. The Bertz CT molecular complexity index is 593. The van der Waals surface area contributed by atoms with E-state index in [0.29, 0.717) is 5.69 Å². The molecule has 18 heavy (non-hydrogen) atoms. The van der Waals surface area contributed by atoms with E-state index in [1.165, 1.54) is 12.1 Å². The monoisotopic (exact) mass is 245 g/mol. The largest absolute Gasteiger partial charge is 0.496 e. The van der Waals surface area contributed by atoms with Crippen LogP contribution in [0.15, 0.2) is 30.3 Å². The third kappa shape index (κ3) is 2.16. The minimum Gasteiger partial charge on any atom is -0.496 e. The molecule has 0 heterocycles. The number of nitrogens with two attached hydrogens (primary N) is 1. The van der Waals surface area contributed by atoms with Gasteiger partial charge in [0, 0.05) is 11.3 Å². The topological polar surface area (TPSA) is 35.2 Å². The zero-order valence-electron chi connectivity index (χ0n) is 10.8. The molecule has 0 fully saturated rings. The van der Waals surface area contributed by atoms with Gasteiger partial charge in [0.1, 0.15) is 11.6 Å². The summed E-state index contributed by atoms with van der Waals surface area (Å²) in [6.07, 6.45) is 0. The summed E-state index contributed by atoms with van der Waals surface area (Å²) >= 11 is 0. The lowest BCUT2D eigenvalue weighted by Gasteiger charge is -2.13. The van der Waals surface area contributed by atoms with Gasteiger partial charge < -0.3 is 10.5 Å². The fourth-order valence-corrected chi connectivity index (χ4v) is 2.08. The third-order valence-electron chi connectivity index (χ3n) is 3.05. The highest BCUT2D eigenvalue weighted by Crippen LogP contribution is 2.33. The lowest BCUT2D eigenvalue weighted by Crippen LogP contribution is -1.95. The highest BCUT2D eigenvalue weighted by atomic mass is 19.1. The van der Waals surface area contributed by atoms with Crippen molar-refractivity contribution in [2.24, 2.45) is 0 Å². The standard InChI is InChI=1S/C15H16FNO/c1-9-7-15(18-3)10(2)6-13(9)12-5-4-11(16)8-14(12)17/h4-8H,17H2,1-3H3. The van der Waals surface area contributed by atoms with Gasteiger partial charge in [0.2, 0.25) is 0 Å². The number of rotatable bonds is 2. The van der Waals surface area contributed by atoms with E-state index in [2.05, 4.69) is 0 Å². The fraction of sp³-hybridized carbons (Fsp3) is 0.200. The molecule has 0 bridgehead atoms. The summed E-state index contributed by atoms with van der Waals surface area (Å²) in [5.41, 5.74) is 10.3. The molecule has 2 N–H and O–H groups in total. The van der Waals surface area contributed by atoms with Crippen molar-refractivity contribution in [3.05, 3.63) is 47.3 Å². The van der Waals surface area contributed by atoms with Gasteiger partial charge in [-0.2, -0.15) is 0 Å². The predicted octanol–water partition coefficient (Wildman–Crippen LogP) is 3.70. The van der Waals surface area contributed by atoms with Gasteiger partial charge in [0.05, 0.1) is 7.11 Å². The second-order valence-corrected chi connectivity index (χ2v) is 4.37. The zero-order chi connectivity index (χ0) is 13.3. The van der Waals surface area contributed by atoms with E-state index in [9.17, 15) is 4.39 Å². The number of anilines is 1. The molecule has 0 unspecified atom stereocenters. The molecule has 2 nitrogen and oxygen atoms in total. The van der Waals surface area contributed by atoms with Crippen LogP contribution in [0.4, 0.5) is 10.1 Å². The first-order valence-corrected chi connectivity index (χ1v) is 5.73. The van der Waals surface area contributed by atoms with Gasteiger partial charge in [-0.05, 0) is 60.9 Å². The molecule has 0 atom stereocenters. The van der Waals surface area contributed by atoms with Crippen molar-refractivity contribution in [3.63, 3.8) is 0 Å². The van der Waals surface area contributed by atoms with Gasteiger partial charge in [-0.3, -0.25) is 0 Å². The van der Waals surface area contributed by atoms with Gasteiger partial charge >= 0.3 is 0 Å². The molecular formula is C15H16FNO. The molecule has 3 heteroatoms. The van der Waals surface area contributed by atoms with E-state index < -0.39 is 0 Å². The van der Waals surface area contributed by atoms with Crippen LogP contribution in [0.2, 0.25) is 0 Å². The number of methoxy groups -OCH3 is 1. The molecule has 0 saturated heterocycles. The van der Waals surface area contributed by atoms with Crippen molar-refractivity contribution >= 4 is 5.69 Å². The van der Waals surface area contributed by atoms with Crippen molar-refractivity contribution in [1.29, 1.82) is 0 Å². The summed E-state index contributed by atoms with van der Waals surface area (Å²) in [4.78, 5) is 0. The molecule has 0 spiro atoms. The van der Waals surface area contributed by atoms with Crippen molar-refractivity contribution in [1.82, 2.24) is 0 Å². The first kappa shape index (κ1) is 12.4. The van der Waals surface area contributed by atoms with Crippen LogP contribution < -0.4 is 10.5 Å². The number of nitrogen functional groups attached to an aromatic ring is 1. The highest BCUT2D eigenvalue weighted by Gasteiger charge is 2.10. The van der Waals surface area contributed by atoms with Crippen LogP contribution >= 0.6 is 0 Å². The number of halogens is 1. The number of benzene rings is 2. The van der Waals surface area contributed by atoms with E-state index in [1.54, 1.807) is 13.2 Å². The maximum absolute atomic E-state index is 13.1. The maximum atomic E-state index is 13.1. The van der Waals surface area contributed by atoms with Crippen LogP contribution in [0.25, 0.3) is 11.1 Å². The van der Waals surface area contributed by atoms with Crippen LogP contribution in [0.3, 0.4) is 0 Å². The summed E-state index contributed by atoms with van der Waals surface area (Å²) in [6, 6.07) is 8.45. The average molecular weight is 245 g/mol. The average Bonchev–Trinajstić information content (AvgIpc) is 2.32. The van der Waals surface area contributed by atoms with Gasteiger partial charge in [-0.1, -0.05) is 0 Å². The molecule has 0 amide bonds. The molecule has 0 aromatic heterocycles. The maximum Gasteiger partial charge on any atom is 0.125 e. The Kier molecular flexibility index (Phi) is 3.24. The van der Waals surface area contributed by atoms with Crippen LogP contribution in [-0.4, -0.2) is 7.11 Å². The van der Waals surface area contributed by atoms with Crippen molar-refractivity contribution in [3.8, 4) is 16.9 Å². The Morgan fingerprint density at radius 2 is 1.72 bits per heavy atom. The molecule has 2 aromatic rings. The molecular weight excluding hydrogens is 229 g/mol. The number of hydrogen-bond acceptors (Lipinski definition) is 2. The summed E-state index contributed by atoms with van der Waals surface area (Å²) in [5, 5.41) is 0. The summed E-state index contributed by atoms with van der Waals surface area (Å²) in [6.45, 7) is 3.96. The molecule has 0 aliphatic carbocycles. The SMILES string of the molecule is COc1cc(C)c(-c2ccc(F)cc2N)cc1C. The second kappa shape index (κ2) is 4.69. The van der Waals surface area contributed by atoms with Crippen molar-refractivity contribution in [2.45, 2.75) is 13.8 Å². The number of hydrogen-bond donors (Lipinski definition) is 1. The lowest BCUT2D eigenvalue weighted by molar-refractivity contribution is 0.411. The van der Waals surface area contributed by atoms with Gasteiger partial charge in [-0.15, -0.1) is 0 Å². The first-order valence-electron chi connectivity index (χ1n) is 5.73. The van der Waals surface area contributed by atoms with Crippen LogP contribution in [-0.2, 0) is 0 Å². The van der Waals surface area contributed by atoms with E-state index in [4.69, 9.17) is 10.5 Å². The molecule has 0 aliphatic rings. The Hall–Kier alpha value is -2.03. The zero-order valence-corrected chi connectivity index (χ0v) is 10.8. The smallest absolute Gasteiger partial charge is 0.125 e. The fourth-order valence-electron chi connectivity index (χ4n) is 2.08. The van der Waals surface area contributed by atoms with Crippen LogP contribution in [0, 0.1) is 19.7 Å². The Labute approximate surface area is 106 Å². The van der Waals surface area contributed by atoms with Crippen LogP contribution in [0.1, 0.15) is 11.1 Å². The van der Waals surface area contributed by atoms with Crippen molar-refractivity contribution < 1.29 is 9.13 Å². The molecule has 0 radical (unpaired) electrons. The molecule has 2 rings (SSSR count). The Morgan fingerprint density at radius 3 is 2.33 bits per heavy atom. The molecule has 2 aromatic carbocycles. The summed E-state index contributed by atoms with van der Waals surface area (Å²) in [5.74, 6) is 0.524. The lowest BCUT2D eigenvalue weighted by atomic mass is 9.96. The second-order valence-electron chi connectivity index (χ2n) is 4.37. The van der Waals surface area contributed by atoms with E-state index in [0.717, 1.165) is 28.0 Å². The quantitative estimate of drug-likeness (QED) is 0.819. The third-order valence-corrected chi connectivity index (χ3v) is 3.05. The van der Waals surface area contributed by atoms with E-state index >= 15 is 0 Å². The Morgan fingerprint density at radius 1 is 1.00 bits per heavy atom. The Balaban J connectivity index is 2.60. The number of aryl methyl sites for hydroxylation is 2. The molecule has 0 saturated carbocycles. The van der Waals surface area contributed by atoms with Gasteiger partial charge in [-0.25, -0.2) is 4.39 Å². The normalized spacial score (nSPS) is 10.4. The molecule has 0 aliphatic heterocycles. The van der Waals surface area contributed by atoms with Crippen LogP contribution in [0.5, 0.6) is 5.75 Å². The minimum atomic E-state index is -0.320.